The summed E-state index contributed by atoms with van der Waals surface area (Å²) in [6.45, 7) is 5.12. The van der Waals surface area contributed by atoms with Crippen LogP contribution in [0, 0.1) is 0 Å². The summed E-state index contributed by atoms with van der Waals surface area (Å²) in [6.07, 6.45) is 0. The minimum atomic E-state index is -1.15. The Labute approximate surface area is 140 Å². The van der Waals surface area contributed by atoms with E-state index in [1.165, 1.54) is 19.1 Å². The number of rotatable bonds is 5. The number of ketones is 1. The Morgan fingerprint density at radius 1 is 0.917 bits per heavy atom. The lowest BCUT2D eigenvalue weighted by Gasteiger charge is -2.27. The number of carboxylic acid groups (broad SMARTS) is 1. The van der Waals surface area contributed by atoms with Gasteiger partial charge in [-0.25, -0.2) is 4.79 Å². The molecule has 124 valence electrons. The van der Waals surface area contributed by atoms with E-state index >= 15 is 0 Å². The van der Waals surface area contributed by atoms with Crippen LogP contribution in [0.2, 0.25) is 0 Å². The Morgan fingerprint density at radius 2 is 1.46 bits per heavy atom. The predicted octanol–water partition coefficient (Wildman–Crippen LogP) is 3.25. The van der Waals surface area contributed by atoms with Gasteiger partial charge in [0.15, 0.2) is 5.78 Å². The maximum Gasteiger partial charge on any atom is 0.336 e. The molecule has 0 spiro atoms. The average molecular weight is 325 g/mol. The highest BCUT2D eigenvalue weighted by molar-refractivity contribution is 6.05. The molecular weight excluding hydrogens is 306 g/mol. The summed E-state index contributed by atoms with van der Waals surface area (Å²) >= 11 is 0. The molecule has 1 amide bonds. The number of carbonyl (C=O) groups is 3. The topological polar surface area (TPSA) is 83.5 Å². The summed E-state index contributed by atoms with van der Waals surface area (Å²) in [6, 6.07) is 13.0. The van der Waals surface area contributed by atoms with Gasteiger partial charge in [-0.3, -0.25) is 9.59 Å². The van der Waals surface area contributed by atoms with Gasteiger partial charge >= 0.3 is 5.97 Å². The maximum absolute atomic E-state index is 12.5. The first-order valence-corrected chi connectivity index (χ1v) is 7.48. The summed E-state index contributed by atoms with van der Waals surface area (Å²) in [5, 5.41) is 12.0. The Hall–Kier alpha value is -2.95. The lowest BCUT2D eigenvalue weighted by Crippen LogP contribution is -2.41. The van der Waals surface area contributed by atoms with Gasteiger partial charge in [-0.2, -0.15) is 0 Å². The highest BCUT2D eigenvalue weighted by atomic mass is 16.4. The Balaban J connectivity index is 2.27. The highest BCUT2D eigenvalue weighted by Crippen LogP contribution is 2.22. The van der Waals surface area contributed by atoms with Gasteiger partial charge in [0.05, 0.1) is 16.7 Å². The number of carboxylic acids is 1. The largest absolute Gasteiger partial charge is 0.478 e. The molecule has 0 aromatic heterocycles. The second-order valence-corrected chi connectivity index (χ2v) is 6.06. The number of carbonyl (C=O) groups excluding carboxylic acids is 2. The molecule has 0 unspecified atom stereocenters. The van der Waals surface area contributed by atoms with E-state index in [-0.39, 0.29) is 16.9 Å². The van der Waals surface area contributed by atoms with Crippen LogP contribution in [0.15, 0.2) is 48.5 Å². The van der Waals surface area contributed by atoms with Crippen molar-refractivity contribution in [3.05, 3.63) is 70.8 Å². The molecular formula is C19H19NO4. The van der Waals surface area contributed by atoms with Crippen LogP contribution in [-0.4, -0.2) is 22.8 Å². The third-order valence-electron chi connectivity index (χ3n) is 3.84. The van der Waals surface area contributed by atoms with Crippen molar-refractivity contribution in [1.29, 1.82) is 0 Å². The molecule has 0 aliphatic carbocycles. The van der Waals surface area contributed by atoms with Crippen molar-refractivity contribution in [3.63, 3.8) is 0 Å². The highest BCUT2D eigenvalue weighted by Gasteiger charge is 2.25. The van der Waals surface area contributed by atoms with Gasteiger partial charge < -0.3 is 10.4 Å². The molecule has 0 atom stereocenters. The van der Waals surface area contributed by atoms with Gasteiger partial charge in [-0.15, -0.1) is 0 Å². The molecule has 2 aromatic rings. The van der Waals surface area contributed by atoms with E-state index in [1.54, 1.807) is 36.4 Å². The minimum Gasteiger partial charge on any atom is -0.478 e. The zero-order chi connectivity index (χ0) is 17.9. The molecule has 0 bridgehead atoms. The molecule has 0 aliphatic rings. The van der Waals surface area contributed by atoms with Crippen molar-refractivity contribution in [2.45, 2.75) is 26.3 Å². The van der Waals surface area contributed by atoms with E-state index in [1.807, 2.05) is 13.8 Å². The molecule has 0 heterocycles. The van der Waals surface area contributed by atoms with Crippen LogP contribution in [0.3, 0.4) is 0 Å². The second-order valence-electron chi connectivity index (χ2n) is 6.06. The minimum absolute atomic E-state index is 0.0289. The van der Waals surface area contributed by atoms with Gasteiger partial charge in [0.2, 0.25) is 0 Å². The van der Waals surface area contributed by atoms with E-state index in [9.17, 15) is 19.5 Å². The van der Waals surface area contributed by atoms with Crippen LogP contribution in [0.4, 0.5) is 0 Å². The molecule has 2 rings (SSSR count). The molecule has 5 nitrogen and oxygen atoms in total. The van der Waals surface area contributed by atoms with Gasteiger partial charge in [-0.05, 0) is 38.5 Å². The Morgan fingerprint density at radius 3 is 1.96 bits per heavy atom. The summed E-state index contributed by atoms with van der Waals surface area (Å²) in [7, 11) is 0. The van der Waals surface area contributed by atoms with Gasteiger partial charge in [0.1, 0.15) is 0 Å². The van der Waals surface area contributed by atoms with E-state index in [4.69, 9.17) is 0 Å². The van der Waals surface area contributed by atoms with Crippen molar-refractivity contribution in [1.82, 2.24) is 5.32 Å². The number of aromatic carboxylic acids is 1. The Kier molecular flexibility index (Phi) is 4.83. The summed E-state index contributed by atoms with van der Waals surface area (Å²) in [5.41, 5.74) is 0.750. The first kappa shape index (κ1) is 17.4. The zero-order valence-electron chi connectivity index (χ0n) is 13.8. The number of hydrogen-bond acceptors (Lipinski definition) is 3. The lowest BCUT2D eigenvalue weighted by atomic mass is 9.92. The molecule has 0 aliphatic heterocycles. The summed E-state index contributed by atoms with van der Waals surface area (Å²) in [5.74, 6) is -1.64. The molecule has 0 fully saturated rings. The van der Waals surface area contributed by atoms with Crippen LogP contribution in [0.5, 0.6) is 0 Å². The number of amides is 1. The number of benzene rings is 2. The summed E-state index contributed by atoms with van der Waals surface area (Å²) in [4.78, 5) is 35.1. The van der Waals surface area contributed by atoms with Gasteiger partial charge in [-0.1, -0.05) is 36.4 Å². The molecule has 2 N–H and O–H groups in total. The van der Waals surface area contributed by atoms with Gasteiger partial charge in [0.25, 0.3) is 5.91 Å². The normalized spacial score (nSPS) is 11.0. The SMILES string of the molecule is CC(=O)c1ccc(C(C)(C)NC(=O)c2ccccc2C(=O)O)cc1. The fourth-order valence-corrected chi connectivity index (χ4v) is 2.41. The van der Waals surface area contributed by atoms with E-state index in [0.29, 0.717) is 5.56 Å². The fourth-order valence-electron chi connectivity index (χ4n) is 2.41. The maximum atomic E-state index is 12.5. The van der Waals surface area contributed by atoms with E-state index in [0.717, 1.165) is 5.56 Å². The third kappa shape index (κ3) is 3.68. The number of nitrogens with one attached hydrogen (secondary N) is 1. The standard InChI is InChI=1S/C19H19NO4/c1-12(21)13-8-10-14(11-9-13)19(2,3)20-17(22)15-6-4-5-7-16(15)18(23)24/h4-11H,1-3H3,(H,20,22)(H,23,24). The average Bonchev–Trinajstić information content (AvgIpc) is 2.54. The molecule has 0 radical (unpaired) electrons. The quantitative estimate of drug-likeness (QED) is 0.827. The number of Topliss-reactive ketones (excluding diaryl/α,β-unsaturated/α-hetero) is 1. The van der Waals surface area contributed by atoms with Crippen molar-refractivity contribution in [2.24, 2.45) is 0 Å². The zero-order valence-corrected chi connectivity index (χ0v) is 13.8. The molecule has 5 heteroatoms. The fraction of sp³-hybridized carbons (Fsp3) is 0.211. The van der Waals surface area contributed by atoms with Crippen LogP contribution in [0.25, 0.3) is 0 Å². The smallest absolute Gasteiger partial charge is 0.336 e. The van der Waals surface area contributed by atoms with Crippen molar-refractivity contribution >= 4 is 17.7 Å². The van der Waals surface area contributed by atoms with Crippen LogP contribution in [-0.2, 0) is 5.54 Å². The van der Waals surface area contributed by atoms with Crippen LogP contribution >= 0.6 is 0 Å². The molecule has 0 saturated heterocycles. The molecule has 24 heavy (non-hydrogen) atoms. The van der Waals surface area contributed by atoms with Crippen LogP contribution < -0.4 is 5.32 Å². The predicted molar refractivity (Wildman–Crippen MR) is 90.3 cm³/mol. The van der Waals surface area contributed by atoms with Crippen molar-refractivity contribution < 1.29 is 19.5 Å². The second kappa shape index (κ2) is 6.66. The Bertz CT molecular complexity index is 791. The monoisotopic (exact) mass is 325 g/mol. The van der Waals surface area contributed by atoms with Gasteiger partial charge in [0, 0.05) is 5.56 Å². The third-order valence-corrected chi connectivity index (χ3v) is 3.84. The first-order chi connectivity index (χ1) is 11.2. The first-order valence-electron chi connectivity index (χ1n) is 7.48. The molecule has 2 aromatic carbocycles. The van der Waals surface area contributed by atoms with Crippen molar-refractivity contribution in [3.8, 4) is 0 Å². The number of hydrogen-bond donors (Lipinski definition) is 2. The van der Waals surface area contributed by atoms with Crippen LogP contribution in [0.1, 0.15) is 57.4 Å². The lowest BCUT2D eigenvalue weighted by molar-refractivity contribution is 0.0689. The summed E-state index contributed by atoms with van der Waals surface area (Å²) < 4.78 is 0. The van der Waals surface area contributed by atoms with E-state index < -0.39 is 17.4 Å². The van der Waals surface area contributed by atoms with E-state index in [2.05, 4.69) is 5.32 Å². The van der Waals surface area contributed by atoms with Crippen molar-refractivity contribution in [2.75, 3.05) is 0 Å². The molecule has 0 saturated carbocycles.